The van der Waals surface area contributed by atoms with E-state index in [1.807, 2.05) is 13.0 Å². The zero-order chi connectivity index (χ0) is 33.3. The van der Waals surface area contributed by atoms with Gasteiger partial charge in [0.25, 0.3) is 0 Å². The van der Waals surface area contributed by atoms with Gasteiger partial charge in [0.05, 0.1) is 11.0 Å². The molecule has 0 amide bonds. The number of hydrogen-bond acceptors (Lipinski definition) is 5. The van der Waals surface area contributed by atoms with E-state index in [2.05, 4.69) is 31.4 Å². The van der Waals surface area contributed by atoms with Crippen molar-refractivity contribution in [3.8, 4) is 11.5 Å². The Balaban J connectivity index is 1.04. The van der Waals surface area contributed by atoms with Gasteiger partial charge in [0.2, 0.25) is 0 Å². The van der Waals surface area contributed by atoms with Gasteiger partial charge in [-0.05, 0) is 75.1 Å². The van der Waals surface area contributed by atoms with E-state index in [1.165, 1.54) is 115 Å². The Morgan fingerprint density at radius 3 is 2.04 bits per heavy atom. The second-order valence-corrected chi connectivity index (χ2v) is 15.8. The third kappa shape index (κ3) is 8.48. The number of benzene rings is 1. The lowest BCUT2D eigenvalue weighted by molar-refractivity contribution is -0.149. The van der Waals surface area contributed by atoms with Gasteiger partial charge in [-0.1, -0.05) is 129 Å². The molecule has 0 radical (unpaired) electrons. The van der Waals surface area contributed by atoms with Crippen LogP contribution in [0, 0.1) is 5.92 Å². The summed E-state index contributed by atoms with van der Waals surface area (Å²) in [6.45, 7) is 12.9. The molecule has 2 aliphatic heterocycles. The number of ether oxygens (including phenoxy) is 2. The Labute approximate surface area is 287 Å². The molecule has 2 bridgehead atoms. The lowest BCUT2D eigenvalue weighted by atomic mass is 9.52. The van der Waals surface area contributed by atoms with E-state index >= 15 is 0 Å². The Morgan fingerprint density at radius 2 is 1.49 bits per heavy atom. The zero-order valence-corrected chi connectivity index (χ0v) is 30.4. The second-order valence-electron chi connectivity index (χ2n) is 15.8. The number of piperidine rings is 1. The highest BCUT2D eigenvalue weighted by molar-refractivity contribution is 5.75. The third-order valence-corrected chi connectivity index (χ3v) is 12.3. The van der Waals surface area contributed by atoms with Crippen molar-refractivity contribution in [1.82, 2.24) is 4.90 Å². The first-order chi connectivity index (χ1) is 22.8. The largest absolute Gasteiger partial charge is 0.481 e. The summed E-state index contributed by atoms with van der Waals surface area (Å²) in [4.78, 5) is 15.6. The number of unbranched alkanes of at least 4 members (excludes halogenated alkanes) is 16. The van der Waals surface area contributed by atoms with E-state index in [0.717, 1.165) is 62.2 Å². The quantitative estimate of drug-likeness (QED) is 0.0553. The standard InChI is InChI=1S/C42H67NO4/c1-5-7-8-9-10-11-12-13-14-15-16-17-18-19-20-21-22-23-37(44)46-35-27-26-34-30-36-41(4,45)42(28-29-43(36)31-33-24-25-33)38(34)39(35)47-40(42)32(3)6-2/h26-27,33,36,40,45H,3,5-25,28-31H2,1-2,4H3/t36?,40-,41+,42-/m0/s1. The molecule has 1 saturated heterocycles. The van der Waals surface area contributed by atoms with E-state index in [4.69, 9.17) is 9.47 Å². The molecule has 47 heavy (non-hydrogen) atoms. The van der Waals surface area contributed by atoms with Crippen LogP contribution in [0.2, 0.25) is 0 Å². The van der Waals surface area contributed by atoms with Crippen LogP contribution in [0.3, 0.4) is 0 Å². The van der Waals surface area contributed by atoms with Gasteiger partial charge in [-0.15, -0.1) is 0 Å². The summed E-state index contributed by atoms with van der Waals surface area (Å²) in [5.41, 5.74) is 1.79. The fourth-order valence-corrected chi connectivity index (χ4v) is 9.14. The molecule has 2 heterocycles. The molecule has 1 N–H and O–H groups in total. The van der Waals surface area contributed by atoms with Crippen LogP contribution in [-0.4, -0.2) is 46.8 Å². The maximum atomic E-state index is 13.0. The number of hydrogen-bond donors (Lipinski definition) is 1. The molecule has 1 spiro atoms. The minimum atomic E-state index is -0.961. The summed E-state index contributed by atoms with van der Waals surface area (Å²) in [6, 6.07) is 4.13. The van der Waals surface area contributed by atoms with Crippen molar-refractivity contribution in [3.05, 3.63) is 35.4 Å². The Hall–Kier alpha value is -1.85. The van der Waals surface area contributed by atoms with E-state index < -0.39 is 11.0 Å². The van der Waals surface area contributed by atoms with Crippen molar-refractivity contribution in [3.63, 3.8) is 0 Å². The smallest absolute Gasteiger partial charge is 0.311 e. The number of fused-ring (bicyclic) bond motifs is 1. The fourth-order valence-electron chi connectivity index (χ4n) is 9.14. The maximum Gasteiger partial charge on any atom is 0.311 e. The maximum absolute atomic E-state index is 13.0. The van der Waals surface area contributed by atoms with E-state index in [1.54, 1.807) is 0 Å². The van der Waals surface area contributed by atoms with E-state index in [-0.39, 0.29) is 18.1 Å². The fraction of sp³-hybridized carbons (Fsp3) is 0.786. The van der Waals surface area contributed by atoms with Crippen molar-refractivity contribution in [1.29, 1.82) is 0 Å². The summed E-state index contributed by atoms with van der Waals surface area (Å²) in [5, 5.41) is 12.4. The van der Waals surface area contributed by atoms with Crippen LogP contribution in [0.25, 0.3) is 0 Å². The summed E-state index contributed by atoms with van der Waals surface area (Å²) in [6.07, 6.45) is 27.7. The number of carbonyl (C=O) groups is 1. The number of esters is 1. The minimum absolute atomic E-state index is 0.0548. The second kappa shape index (κ2) is 17.2. The molecule has 4 atom stereocenters. The molecular formula is C42H67NO4. The summed E-state index contributed by atoms with van der Waals surface area (Å²) >= 11 is 0. The average Bonchev–Trinajstić information content (AvgIpc) is 3.80. The molecule has 2 aliphatic carbocycles. The molecule has 1 saturated carbocycles. The normalized spacial score (nSPS) is 26.2. The van der Waals surface area contributed by atoms with Gasteiger partial charge >= 0.3 is 5.97 Å². The number of rotatable bonds is 23. The van der Waals surface area contributed by atoms with Crippen LogP contribution in [-0.2, 0) is 16.6 Å². The predicted octanol–water partition coefficient (Wildman–Crippen LogP) is 10.4. The summed E-state index contributed by atoms with van der Waals surface area (Å²) < 4.78 is 12.8. The zero-order valence-electron chi connectivity index (χ0n) is 30.4. The molecule has 2 fully saturated rings. The summed E-state index contributed by atoms with van der Waals surface area (Å²) in [5.74, 6) is 1.78. The first kappa shape index (κ1) is 36.4. The van der Waals surface area contributed by atoms with Gasteiger partial charge in [0.1, 0.15) is 6.10 Å². The van der Waals surface area contributed by atoms with Crippen LogP contribution in [0.5, 0.6) is 11.5 Å². The van der Waals surface area contributed by atoms with Crippen molar-refractivity contribution in [2.24, 2.45) is 5.92 Å². The number of carbonyl (C=O) groups excluding carboxylic acids is 1. The first-order valence-corrected chi connectivity index (χ1v) is 20.0. The van der Waals surface area contributed by atoms with Crippen molar-refractivity contribution >= 4 is 5.97 Å². The molecule has 1 aromatic rings. The molecule has 5 rings (SSSR count). The van der Waals surface area contributed by atoms with E-state index in [0.29, 0.717) is 17.9 Å². The Bertz CT molecular complexity index is 1170. The molecule has 1 unspecified atom stereocenters. The van der Waals surface area contributed by atoms with Gasteiger partial charge in [0.15, 0.2) is 11.5 Å². The van der Waals surface area contributed by atoms with E-state index in [9.17, 15) is 9.90 Å². The summed E-state index contributed by atoms with van der Waals surface area (Å²) in [7, 11) is 0. The molecule has 264 valence electrons. The predicted molar refractivity (Wildman–Crippen MR) is 193 cm³/mol. The van der Waals surface area contributed by atoms with Gasteiger partial charge in [0, 0.05) is 24.6 Å². The van der Waals surface area contributed by atoms with Crippen LogP contribution < -0.4 is 9.47 Å². The van der Waals surface area contributed by atoms with Crippen molar-refractivity contribution in [2.75, 3.05) is 13.1 Å². The number of aliphatic hydroxyl groups is 1. The van der Waals surface area contributed by atoms with Gasteiger partial charge in [-0.25, -0.2) is 0 Å². The van der Waals surface area contributed by atoms with Crippen LogP contribution in [0.15, 0.2) is 24.3 Å². The minimum Gasteiger partial charge on any atom is -0.481 e. The molecule has 5 nitrogen and oxygen atoms in total. The van der Waals surface area contributed by atoms with Gasteiger partial charge < -0.3 is 14.6 Å². The van der Waals surface area contributed by atoms with Crippen molar-refractivity contribution in [2.45, 2.75) is 192 Å². The average molecular weight is 650 g/mol. The number of likely N-dealkylation sites (tertiary alicyclic amines) is 1. The number of nitrogens with zero attached hydrogens (tertiary/aromatic N) is 1. The highest BCUT2D eigenvalue weighted by Crippen LogP contribution is 2.63. The van der Waals surface area contributed by atoms with Gasteiger partial charge in [-0.3, -0.25) is 9.69 Å². The van der Waals surface area contributed by atoms with Gasteiger partial charge in [-0.2, -0.15) is 0 Å². The molecule has 1 aromatic carbocycles. The Morgan fingerprint density at radius 1 is 0.915 bits per heavy atom. The molecular weight excluding hydrogens is 582 g/mol. The lowest BCUT2D eigenvalue weighted by Crippen LogP contribution is -2.73. The van der Waals surface area contributed by atoms with Crippen molar-refractivity contribution < 1.29 is 19.4 Å². The lowest BCUT2D eigenvalue weighted by Gasteiger charge is -2.60. The Kier molecular flexibility index (Phi) is 13.3. The SMILES string of the molecule is C=C(CC)[C@@H]1Oc2c(OC(=O)CCCCCCCCCCCCCCCCCCC)ccc3c2[C@@]12CCN(CC1CC1)C(C3)[C@@]2(C)O. The van der Waals surface area contributed by atoms with Crippen LogP contribution >= 0.6 is 0 Å². The molecule has 4 aliphatic rings. The van der Waals surface area contributed by atoms with Crippen LogP contribution in [0.1, 0.15) is 173 Å². The first-order valence-electron chi connectivity index (χ1n) is 20.0. The monoisotopic (exact) mass is 650 g/mol. The highest BCUT2D eigenvalue weighted by atomic mass is 16.6. The molecule has 5 heteroatoms. The molecule has 0 aromatic heterocycles. The highest BCUT2D eigenvalue weighted by Gasteiger charge is 2.68. The topological polar surface area (TPSA) is 59.0 Å². The third-order valence-electron chi connectivity index (χ3n) is 12.3. The van der Waals surface area contributed by atoms with Crippen LogP contribution in [0.4, 0.5) is 0 Å².